The lowest BCUT2D eigenvalue weighted by Crippen LogP contribution is -2.44. The lowest BCUT2D eigenvalue weighted by atomic mass is 10.1. The quantitative estimate of drug-likeness (QED) is 0.664. The molecule has 1 saturated heterocycles. The van der Waals surface area contributed by atoms with Gasteiger partial charge < -0.3 is 15.4 Å². The minimum Gasteiger partial charge on any atom is -0.378 e. The monoisotopic (exact) mass is 304 g/mol. The fraction of sp³-hybridized carbons (Fsp3) is 0.588. The maximum absolute atomic E-state index is 6.11. The number of nitrogens with two attached hydrogens (primary N) is 1. The second kappa shape index (κ2) is 8.15. The van der Waals surface area contributed by atoms with Gasteiger partial charge in [-0.05, 0) is 32.0 Å². The summed E-state index contributed by atoms with van der Waals surface area (Å²) in [5, 5.41) is 0. The molecular weight excluding hydrogens is 276 g/mol. The highest BCUT2D eigenvalue weighted by Gasteiger charge is 2.12. The Hall–Kier alpha value is -1.59. The Morgan fingerprint density at radius 3 is 2.55 bits per heavy atom. The van der Waals surface area contributed by atoms with E-state index in [9.17, 15) is 0 Å². The highest BCUT2D eigenvalue weighted by molar-refractivity contribution is 5.78. The van der Waals surface area contributed by atoms with Gasteiger partial charge >= 0.3 is 0 Å². The number of guanidine groups is 1. The van der Waals surface area contributed by atoms with Gasteiger partial charge in [-0.25, -0.2) is 4.99 Å². The number of nitrogens with zero attached hydrogens (tertiary/aromatic N) is 3. The Morgan fingerprint density at radius 2 is 1.91 bits per heavy atom. The predicted octanol–water partition coefficient (Wildman–Crippen LogP) is 1.67. The Balaban J connectivity index is 2.02. The van der Waals surface area contributed by atoms with Crippen LogP contribution in [0.3, 0.4) is 0 Å². The SMILES string of the molecule is CC(C)N(C)Cc1ccccc1CN=C(N)N1CCOCC1. The van der Waals surface area contributed by atoms with Crippen molar-refractivity contribution in [3.05, 3.63) is 35.4 Å². The standard InChI is InChI=1S/C17H28N4O/c1-14(2)20(3)13-16-7-5-4-6-15(16)12-19-17(18)21-8-10-22-11-9-21/h4-7,14H,8-13H2,1-3H3,(H2,18,19). The third kappa shape index (κ3) is 4.71. The highest BCUT2D eigenvalue weighted by atomic mass is 16.5. The summed E-state index contributed by atoms with van der Waals surface area (Å²) in [6.07, 6.45) is 0. The maximum Gasteiger partial charge on any atom is 0.191 e. The first-order chi connectivity index (χ1) is 10.6. The summed E-state index contributed by atoms with van der Waals surface area (Å²) in [7, 11) is 2.15. The number of hydrogen-bond donors (Lipinski definition) is 1. The van der Waals surface area contributed by atoms with E-state index in [1.54, 1.807) is 0 Å². The average Bonchev–Trinajstić information content (AvgIpc) is 2.54. The largest absolute Gasteiger partial charge is 0.378 e. The van der Waals surface area contributed by atoms with Gasteiger partial charge in [-0.3, -0.25) is 4.90 Å². The van der Waals surface area contributed by atoms with Gasteiger partial charge in [0.15, 0.2) is 5.96 Å². The van der Waals surface area contributed by atoms with Gasteiger partial charge in [-0.2, -0.15) is 0 Å². The molecule has 122 valence electrons. The second-order valence-corrected chi connectivity index (χ2v) is 6.05. The van der Waals surface area contributed by atoms with Crippen LogP contribution in [0.5, 0.6) is 0 Å². The van der Waals surface area contributed by atoms with Crippen molar-refractivity contribution in [2.45, 2.75) is 33.0 Å². The molecule has 2 N–H and O–H groups in total. The summed E-state index contributed by atoms with van der Waals surface area (Å²) >= 11 is 0. The Labute approximate surface area is 133 Å². The van der Waals surface area contributed by atoms with E-state index in [1.165, 1.54) is 11.1 Å². The van der Waals surface area contributed by atoms with Crippen LogP contribution in [0.1, 0.15) is 25.0 Å². The molecule has 0 amide bonds. The fourth-order valence-electron chi connectivity index (χ4n) is 2.38. The van der Waals surface area contributed by atoms with Gasteiger partial charge in [0.25, 0.3) is 0 Å². The second-order valence-electron chi connectivity index (χ2n) is 6.05. The van der Waals surface area contributed by atoms with Crippen LogP contribution in [-0.2, 0) is 17.8 Å². The summed E-state index contributed by atoms with van der Waals surface area (Å²) in [4.78, 5) is 8.99. The molecule has 5 heteroatoms. The number of ether oxygens (including phenoxy) is 1. The van der Waals surface area contributed by atoms with Crippen LogP contribution < -0.4 is 5.73 Å². The van der Waals surface area contributed by atoms with Gasteiger partial charge in [-0.15, -0.1) is 0 Å². The maximum atomic E-state index is 6.11. The summed E-state index contributed by atoms with van der Waals surface area (Å²) in [5.41, 5.74) is 8.66. The van der Waals surface area contributed by atoms with E-state index in [1.807, 2.05) is 0 Å². The number of hydrogen-bond acceptors (Lipinski definition) is 3. The molecule has 0 unspecified atom stereocenters. The third-order valence-corrected chi connectivity index (χ3v) is 4.17. The van der Waals surface area contributed by atoms with Crippen molar-refractivity contribution in [1.82, 2.24) is 9.80 Å². The normalized spacial score (nSPS) is 16.6. The van der Waals surface area contributed by atoms with Crippen LogP contribution in [0.4, 0.5) is 0 Å². The number of morpholine rings is 1. The molecule has 1 fully saturated rings. The van der Waals surface area contributed by atoms with E-state index in [0.717, 1.165) is 32.8 Å². The first-order valence-electron chi connectivity index (χ1n) is 7.97. The van der Waals surface area contributed by atoms with E-state index in [2.05, 4.69) is 60.0 Å². The number of benzene rings is 1. The van der Waals surface area contributed by atoms with Crippen LogP contribution in [0.2, 0.25) is 0 Å². The van der Waals surface area contributed by atoms with Crippen molar-refractivity contribution < 1.29 is 4.74 Å². The number of aliphatic imine (C=N–C) groups is 1. The van der Waals surface area contributed by atoms with Crippen molar-refractivity contribution in [2.75, 3.05) is 33.4 Å². The molecule has 2 rings (SSSR count). The van der Waals surface area contributed by atoms with Gasteiger partial charge in [0.05, 0.1) is 19.8 Å². The molecule has 1 aromatic rings. The zero-order valence-electron chi connectivity index (χ0n) is 14.0. The smallest absolute Gasteiger partial charge is 0.191 e. The van der Waals surface area contributed by atoms with Crippen LogP contribution in [0.25, 0.3) is 0 Å². The molecule has 0 aliphatic carbocycles. The van der Waals surface area contributed by atoms with Crippen molar-refractivity contribution in [1.29, 1.82) is 0 Å². The summed E-state index contributed by atoms with van der Waals surface area (Å²) < 4.78 is 5.34. The number of rotatable bonds is 5. The molecule has 1 aliphatic heterocycles. The Bertz CT molecular complexity index is 495. The van der Waals surface area contributed by atoms with Crippen molar-refractivity contribution in [2.24, 2.45) is 10.7 Å². The summed E-state index contributed by atoms with van der Waals surface area (Å²) in [6.45, 7) is 9.08. The molecule has 22 heavy (non-hydrogen) atoms. The highest BCUT2D eigenvalue weighted by Crippen LogP contribution is 2.14. The average molecular weight is 304 g/mol. The fourth-order valence-corrected chi connectivity index (χ4v) is 2.38. The molecule has 0 saturated carbocycles. The van der Waals surface area contributed by atoms with Gasteiger partial charge in [0, 0.05) is 25.7 Å². The van der Waals surface area contributed by atoms with E-state index < -0.39 is 0 Å². The summed E-state index contributed by atoms with van der Waals surface area (Å²) in [6, 6.07) is 8.99. The van der Waals surface area contributed by atoms with Crippen molar-refractivity contribution in [3.63, 3.8) is 0 Å². The minimum absolute atomic E-state index is 0.523. The zero-order chi connectivity index (χ0) is 15.9. The molecule has 0 radical (unpaired) electrons. The topological polar surface area (TPSA) is 54.1 Å². The van der Waals surface area contributed by atoms with Crippen LogP contribution in [0, 0.1) is 0 Å². The zero-order valence-corrected chi connectivity index (χ0v) is 14.0. The molecule has 0 aromatic heterocycles. The van der Waals surface area contributed by atoms with Crippen molar-refractivity contribution >= 4 is 5.96 Å². The first-order valence-corrected chi connectivity index (χ1v) is 7.97. The Morgan fingerprint density at radius 1 is 1.27 bits per heavy atom. The minimum atomic E-state index is 0.523. The lowest BCUT2D eigenvalue weighted by Gasteiger charge is -2.27. The summed E-state index contributed by atoms with van der Waals surface area (Å²) in [5.74, 6) is 0.621. The molecule has 1 aliphatic rings. The first kappa shape index (κ1) is 16.8. The van der Waals surface area contributed by atoms with Gasteiger partial charge in [-0.1, -0.05) is 24.3 Å². The lowest BCUT2D eigenvalue weighted by molar-refractivity contribution is 0.0674. The van der Waals surface area contributed by atoms with Gasteiger partial charge in [0.1, 0.15) is 0 Å². The van der Waals surface area contributed by atoms with E-state index >= 15 is 0 Å². The molecular formula is C17H28N4O. The van der Waals surface area contributed by atoms with Crippen molar-refractivity contribution in [3.8, 4) is 0 Å². The van der Waals surface area contributed by atoms with Crippen LogP contribution in [0.15, 0.2) is 29.3 Å². The third-order valence-electron chi connectivity index (χ3n) is 4.17. The Kier molecular flexibility index (Phi) is 6.21. The molecule has 1 heterocycles. The van der Waals surface area contributed by atoms with Gasteiger partial charge in [0.2, 0.25) is 0 Å². The molecule has 0 bridgehead atoms. The van der Waals surface area contributed by atoms with Crippen LogP contribution in [-0.4, -0.2) is 55.2 Å². The molecule has 0 spiro atoms. The van der Waals surface area contributed by atoms with E-state index in [0.29, 0.717) is 18.5 Å². The molecule has 1 aromatic carbocycles. The predicted molar refractivity (Wildman–Crippen MR) is 90.8 cm³/mol. The molecule has 5 nitrogen and oxygen atoms in total. The van der Waals surface area contributed by atoms with E-state index in [-0.39, 0.29) is 0 Å². The van der Waals surface area contributed by atoms with E-state index in [4.69, 9.17) is 10.5 Å². The van der Waals surface area contributed by atoms with Crippen LogP contribution >= 0.6 is 0 Å². The molecule has 0 atom stereocenters.